The van der Waals surface area contributed by atoms with Crippen molar-refractivity contribution in [3.05, 3.63) is 64.3 Å². The second-order valence-electron chi connectivity index (χ2n) is 7.65. The number of aromatic nitrogens is 2. The summed E-state index contributed by atoms with van der Waals surface area (Å²) in [5.41, 5.74) is 1.89. The Bertz CT molecular complexity index is 1100. The third-order valence-corrected chi connectivity index (χ3v) is 4.88. The van der Waals surface area contributed by atoms with E-state index >= 15 is 0 Å². The SMILES string of the molecule is C.CC=NC(=N[C@H]1CC[C@H](Nc2ccc(-n3ccc(C#N)cc3=O)cn2)C1)NC=C(C)C.[HH].[HH]. The van der Waals surface area contributed by atoms with Crippen molar-refractivity contribution in [3.8, 4) is 11.8 Å². The molecule has 0 bridgehead atoms. The van der Waals surface area contributed by atoms with Gasteiger partial charge in [-0.15, -0.1) is 0 Å². The lowest BCUT2D eigenvalue weighted by Gasteiger charge is -2.14. The van der Waals surface area contributed by atoms with Gasteiger partial charge in [-0.05, 0) is 58.2 Å². The summed E-state index contributed by atoms with van der Waals surface area (Å²) in [4.78, 5) is 25.7. The van der Waals surface area contributed by atoms with Crippen LogP contribution in [0.4, 0.5) is 5.82 Å². The van der Waals surface area contributed by atoms with Gasteiger partial charge in [-0.3, -0.25) is 9.36 Å². The largest absolute Gasteiger partial charge is 0.367 e. The van der Waals surface area contributed by atoms with Gasteiger partial charge in [0.2, 0.25) is 5.96 Å². The van der Waals surface area contributed by atoms with Crippen LogP contribution < -0.4 is 16.2 Å². The van der Waals surface area contributed by atoms with E-state index in [2.05, 4.69) is 20.6 Å². The summed E-state index contributed by atoms with van der Waals surface area (Å²) in [5, 5.41) is 15.5. The highest BCUT2D eigenvalue weighted by atomic mass is 16.1. The van der Waals surface area contributed by atoms with Crippen LogP contribution in [0.5, 0.6) is 0 Å². The normalized spacial score (nSPS) is 18.0. The predicted octanol–water partition coefficient (Wildman–Crippen LogP) is 4.53. The Morgan fingerprint density at radius 3 is 2.78 bits per heavy atom. The van der Waals surface area contributed by atoms with E-state index in [4.69, 9.17) is 10.3 Å². The molecule has 1 aliphatic carbocycles. The first-order valence-corrected chi connectivity index (χ1v) is 10.3. The Labute approximate surface area is 192 Å². The molecule has 32 heavy (non-hydrogen) atoms. The molecule has 0 aromatic carbocycles. The minimum atomic E-state index is -0.259. The highest BCUT2D eigenvalue weighted by Gasteiger charge is 2.25. The first-order chi connectivity index (χ1) is 15.0. The van der Waals surface area contributed by atoms with Gasteiger partial charge in [0.15, 0.2) is 0 Å². The van der Waals surface area contributed by atoms with E-state index in [1.807, 2.05) is 45.2 Å². The Morgan fingerprint density at radius 2 is 2.16 bits per heavy atom. The number of rotatable bonds is 5. The number of aliphatic imine (C=N–C) groups is 2. The minimum absolute atomic E-state index is 0. The molecule has 2 atom stereocenters. The van der Waals surface area contributed by atoms with Crippen LogP contribution >= 0.6 is 0 Å². The van der Waals surface area contributed by atoms with Gasteiger partial charge in [-0.1, -0.05) is 13.0 Å². The van der Waals surface area contributed by atoms with E-state index in [0.29, 0.717) is 17.2 Å². The van der Waals surface area contributed by atoms with Crippen LogP contribution in [0, 0.1) is 11.3 Å². The molecule has 0 radical (unpaired) electrons. The molecule has 0 aliphatic heterocycles. The predicted molar refractivity (Wildman–Crippen MR) is 135 cm³/mol. The molecule has 172 valence electrons. The quantitative estimate of drug-likeness (QED) is 0.528. The van der Waals surface area contributed by atoms with Gasteiger partial charge in [0.1, 0.15) is 5.82 Å². The van der Waals surface area contributed by atoms with Crippen molar-refractivity contribution in [2.45, 2.75) is 59.5 Å². The molecular formula is C24H35N7O. The molecular weight excluding hydrogens is 402 g/mol. The Balaban J connectivity index is 0.00000363. The molecule has 1 aliphatic rings. The minimum Gasteiger partial charge on any atom is -0.367 e. The van der Waals surface area contributed by atoms with Crippen LogP contribution in [-0.4, -0.2) is 33.8 Å². The summed E-state index contributed by atoms with van der Waals surface area (Å²) in [6, 6.07) is 9.07. The third-order valence-electron chi connectivity index (χ3n) is 4.88. The van der Waals surface area contributed by atoms with Crippen LogP contribution in [0.15, 0.2) is 63.2 Å². The molecule has 2 aromatic rings. The van der Waals surface area contributed by atoms with Crippen LogP contribution in [0.1, 0.15) is 55.9 Å². The molecule has 2 N–H and O–H groups in total. The first-order valence-electron chi connectivity index (χ1n) is 10.3. The number of nitriles is 1. The van der Waals surface area contributed by atoms with E-state index in [0.717, 1.165) is 30.7 Å². The molecule has 0 saturated heterocycles. The van der Waals surface area contributed by atoms with Gasteiger partial charge in [0.25, 0.3) is 5.56 Å². The molecule has 0 spiro atoms. The fourth-order valence-corrected chi connectivity index (χ4v) is 3.40. The average molecular weight is 438 g/mol. The van der Waals surface area contributed by atoms with Gasteiger partial charge in [0, 0.05) is 33.6 Å². The second kappa shape index (κ2) is 11.6. The number of nitrogens with one attached hydrogen (secondary N) is 2. The van der Waals surface area contributed by atoms with E-state index in [1.165, 1.54) is 10.6 Å². The first kappa shape index (κ1) is 24.5. The Morgan fingerprint density at radius 1 is 1.34 bits per heavy atom. The molecule has 8 heteroatoms. The maximum Gasteiger partial charge on any atom is 0.256 e. The highest BCUT2D eigenvalue weighted by Crippen LogP contribution is 2.25. The van der Waals surface area contributed by atoms with Crippen LogP contribution in [-0.2, 0) is 0 Å². The number of nitrogens with zero attached hydrogens (tertiary/aromatic N) is 5. The lowest BCUT2D eigenvalue weighted by atomic mass is 10.2. The van der Waals surface area contributed by atoms with E-state index in [9.17, 15) is 4.79 Å². The highest BCUT2D eigenvalue weighted by molar-refractivity contribution is 5.88. The van der Waals surface area contributed by atoms with E-state index < -0.39 is 0 Å². The maximum absolute atomic E-state index is 12.2. The number of hydrogen-bond donors (Lipinski definition) is 2. The van der Waals surface area contributed by atoms with Gasteiger partial charge < -0.3 is 10.6 Å². The van der Waals surface area contributed by atoms with Gasteiger partial charge in [-0.2, -0.15) is 5.26 Å². The molecule has 2 aromatic heterocycles. The van der Waals surface area contributed by atoms with Crippen LogP contribution in [0.25, 0.3) is 5.69 Å². The van der Waals surface area contributed by atoms with Crippen molar-refractivity contribution in [1.29, 1.82) is 5.26 Å². The maximum atomic E-state index is 12.2. The zero-order valence-electron chi connectivity index (χ0n) is 18.0. The number of anilines is 1. The van der Waals surface area contributed by atoms with Crippen LogP contribution in [0.3, 0.4) is 0 Å². The monoisotopic (exact) mass is 437 g/mol. The third kappa shape index (κ3) is 6.64. The number of guanidine groups is 1. The molecule has 2 heterocycles. The van der Waals surface area contributed by atoms with Crippen molar-refractivity contribution in [3.63, 3.8) is 0 Å². The Kier molecular flexibility index (Phi) is 8.90. The zero-order chi connectivity index (χ0) is 22.2. The summed E-state index contributed by atoms with van der Waals surface area (Å²) in [5.74, 6) is 1.39. The summed E-state index contributed by atoms with van der Waals surface area (Å²) in [6.45, 7) is 5.91. The molecule has 1 fully saturated rings. The standard InChI is InChI=1S/C23H27N7O.CH4.2H2/c1-4-25-23(27-14-16(2)3)29-19-6-5-18(12-19)28-21-8-7-20(15-26-21)30-10-9-17(13-24)11-22(30)31;;;/h4,7-11,14-15,18-19H,5-6,12H2,1-3H3,(H,26,28)(H,27,29);1H4;2*1H/t18-,19-;;;/m0.../s1. The summed E-state index contributed by atoms with van der Waals surface area (Å²) in [6.07, 6.45) is 9.76. The van der Waals surface area contributed by atoms with Crippen molar-refractivity contribution in [2.24, 2.45) is 9.98 Å². The second-order valence-corrected chi connectivity index (χ2v) is 7.65. The number of hydrogen-bond acceptors (Lipinski definition) is 5. The molecule has 0 unspecified atom stereocenters. The van der Waals surface area contributed by atoms with Crippen molar-refractivity contribution in [1.82, 2.24) is 14.9 Å². The lowest BCUT2D eigenvalue weighted by Crippen LogP contribution is -2.20. The van der Waals surface area contributed by atoms with Gasteiger partial charge >= 0.3 is 0 Å². The average Bonchev–Trinajstić information content (AvgIpc) is 3.19. The molecule has 8 nitrogen and oxygen atoms in total. The van der Waals surface area contributed by atoms with Crippen LogP contribution in [0.2, 0.25) is 0 Å². The topological polar surface area (TPSA) is 107 Å². The van der Waals surface area contributed by atoms with E-state index in [1.54, 1.807) is 24.7 Å². The summed E-state index contributed by atoms with van der Waals surface area (Å²) < 4.78 is 1.47. The van der Waals surface area contributed by atoms with Crippen molar-refractivity contribution in [2.75, 3.05) is 5.32 Å². The Hall–Kier alpha value is -3.73. The lowest BCUT2D eigenvalue weighted by molar-refractivity contribution is 0.685. The zero-order valence-corrected chi connectivity index (χ0v) is 18.0. The summed E-state index contributed by atoms with van der Waals surface area (Å²) in [7, 11) is 0. The number of pyridine rings is 2. The fraction of sp³-hybridized carbons (Fsp3) is 0.375. The van der Waals surface area contributed by atoms with Gasteiger partial charge in [-0.25, -0.2) is 15.0 Å². The van der Waals surface area contributed by atoms with Gasteiger partial charge in [0.05, 0.1) is 29.6 Å². The molecule has 3 rings (SSSR count). The summed E-state index contributed by atoms with van der Waals surface area (Å²) >= 11 is 0. The van der Waals surface area contributed by atoms with E-state index in [-0.39, 0.29) is 27.9 Å². The molecule has 1 saturated carbocycles. The molecule has 0 amide bonds. The number of allylic oxidation sites excluding steroid dienone is 1. The van der Waals surface area contributed by atoms with Crippen molar-refractivity contribution >= 4 is 18.0 Å². The van der Waals surface area contributed by atoms with Crippen molar-refractivity contribution < 1.29 is 2.85 Å². The smallest absolute Gasteiger partial charge is 0.256 e. The fourth-order valence-electron chi connectivity index (χ4n) is 3.40.